The van der Waals surface area contributed by atoms with E-state index in [1.807, 2.05) is 0 Å². The molecular formula is C9H19NO3. The molecule has 0 amide bonds. The lowest BCUT2D eigenvalue weighted by Gasteiger charge is -2.11. The van der Waals surface area contributed by atoms with Gasteiger partial charge in [0.15, 0.2) is 6.10 Å². The first kappa shape index (κ1) is 12.4. The van der Waals surface area contributed by atoms with Crippen molar-refractivity contribution in [1.82, 2.24) is 0 Å². The summed E-state index contributed by atoms with van der Waals surface area (Å²) in [5, 5.41) is 8.58. The monoisotopic (exact) mass is 189 g/mol. The van der Waals surface area contributed by atoms with E-state index in [-0.39, 0.29) is 6.54 Å². The van der Waals surface area contributed by atoms with Crippen LogP contribution in [0.2, 0.25) is 0 Å². The van der Waals surface area contributed by atoms with Crippen molar-refractivity contribution in [2.24, 2.45) is 11.7 Å². The molecule has 0 aliphatic rings. The number of ether oxygens (including phenoxy) is 1. The summed E-state index contributed by atoms with van der Waals surface area (Å²) in [5.41, 5.74) is 5.21. The number of carboxylic acids is 1. The van der Waals surface area contributed by atoms with E-state index in [1.54, 1.807) is 0 Å². The maximum Gasteiger partial charge on any atom is 0.334 e. The molecule has 3 N–H and O–H groups in total. The Morgan fingerprint density at radius 1 is 1.54 bits per heavy atom. The lowest BCUT2D eigenvalue weighted by Crippen LogP contribution is -2.32. The van der Waals surface area contributed by atoms with Gasteiger partial charge in [-0.3, -0.25) is 0 Å². The average Bonchev–Trinajstić information content (AvgIpc) is 2.03. The van der Waals surface area contributed by atoms with Crippen LogP contribution in [0.4, 0.5) is 0 Å². The average molecular weight is 189 g/mol. The summed E-state index contributed by atoms with van der Waals surface area (Å²) in [4.78, 5) is 10.5. The van der Waals surface area contributed by atoms with E-state index in [4.69, 9.17) is 15.6 Å². The van der Waals surface area contributed by atoms with Crippen LogP contribution in [0, 0.1) is 5.92 Å². The van der Waals surface area contributed by atoms with Gasteiger partial charge in [-0.2, -0.15) is 0 Å². The summed E-state index contributed by atoms with van der Waals surface area (Å²) in [5.74, 6) is -0.350. The zero-order valence-electron chi connectivity index (χ0n) is 8.32. The minimum Gasteiger partial charge on any atom is -0.479 e. The fourth-order valence-electron chi connectivity index (χ4n) is 0.957. The quantitative estimate of drug-likeness (QED) is 0.582. The Hall–Kier alpha value is -0.610. The van der Waals surface area contributed by atoms with Gasteiger partial charge in [-0.25, -0.2) is 4.79 Å². The van der Waals surface area contributed by atoms with Crippen molar-refractivity contribution in [2.75, 3.05) is 13.2 Å². The number of aliphatic carboxylic acids is 1. The second kappa shape index (κ2) is 6.86. The molecule has 0 aromatic carbocycles. The van der Waals surface area contributed by atoms with Gasteiger partial charge in [0.25, 0.3) is 0 Å². The van der Waals surface area contributed by atoms with E-state index < -0.39 is 12.1 Å². The highest BCUT2D eigenvalue weighted by Crippen LogP contribution is 2.04. The number of carbonyl (C=O) groups is 1. The Bertz CT molecular complexity index is 148. The topological polar surface area (TPSA) is 72.5 Å². The maximum absolute atomic E-state index is 10.5. The summed E-state index contributed by atoms with van der Waals surface area (Å²) >= 11 is 0. The molecule has 0 aromatic rings. The summed E-state index contributed by atoms with van der Waals surface area (Å²) < 4.78 is 5.08. The van der Waals surface area contributed by atoms with Gasteiger partial charge >= 0.3 is 5.97 Å². The third-order valence-corrected chi connectivity index (χ3v) is 1.73. The van der Waals surface area contributed by atoms with Crippen LogP contribution in [-0.4, -0.2) is 30.3 Å². The molecule has 13 heavy (non-hydrogen) atoms. The highest BCUT2D eigenvalue weighted by molar-refractivity contribution is 5.72. The molecule has 4 nitrogen and oxygen atoms in total. The molecule has 0 bridgehead atoms. The predicted molar refractivity (Wildman–Crippen MR) is 50.5 cm³/mol. The molecular weight excluding hydrogens is 170 g/mol. The van der Waals surface area contributed by atoms with Crippen molar-refractivity contribution < 1.29 is 14.6 Å². The highest BCUT2D eigenvalue weighted by Gasteiger charge is 2.14. The van der Waals surface area contributed by atoms with E-state index in [1.165, 1.54) is 0 Å². The summed E-state index contributed by atoms with van der Waals surface area (Å²) in [6, 6.07) is 0. The zero-order valence-corrected chi connectivity index (χ0v) is 8.32. The largest absolute Gasteiger partial charge is 0.479 e. The van der Waals surface area contributed by atoms with Crippen molar-refractivity contribution in [1.29, 1.82) is 0 Å². The van der Waals surface area contributed by atoms with Crippen LogP contribution >= 0.6 is 0 Å². The lowest BCUT2D eigenvalue weighted by molar-refractivity contribution is -0.149. The van der Waals surface area contributed by atoms with Crippen LogP contribution in [0.3, 0.4) is 0 Å². The summed E-state index contributed by atoms with van der Waals surface area (Å²) in [6.07, 6.45) is 1.10. The third-order valence-electron chi connectivity index (χ3n) is 1.73. The van der Waals surface area contributed by atoms with Gasteiger partial charge in [0.2, 0.25) is 0 Å². The van der Waals surface area contributed by atoms with Gasteiger partial charge in [-0.1, -0.05) is 13.8 Å². The van der Waals surface area contributed by atoms with Gasteiger partial charge in [-0.05, 0) is 18.8 Å². The standard InChI is InChI=1S/C9H19NO3/c1-7(2)4-3-5-13-8(6-10)9(11)12/h7-8H,3-6,10H2,1-2H3,(H,11,12). The van der Waals surface area contributed by atoms with Crippen LogP contribution in [0.5, 0.6) is 0 Å². The van der Waals surface area contributed by atoms with Gasteiger partial charge in [0.1, 0.15) is 0 Å². The van der Waals surface area contributed by atoms with Gasteiger partial charge in [0, 0.05) is 13.2 Å². The number of carboxylic acid groups (broad SMARTS) is 1. The van der Waals surface area contributed by atoms with Crippen LogP contribution in [0.15, 0.2) is 0 Å². The molecule has 0 aliphatic heterocycles. The first-order chi connectivity index (χ1) is 6.07. The number of rotatable bonds is 7. The summed E-state index contributed by atoms with van der Waals surface area (Å²) in [7, 11) is 0. The first-order valence-corrected chi connectivity index (χ1v) is 4.62. The molecule has 4 heteroatoms. The van der Waals surface area contributed by atoms with Crippen molar-refractivity contribution in [2.45, 2.75) is 32.8 Å². The van der Waals surface area contributed by atoms with Gasteiger partial charge in [0.05, 0.1) is 0 Å². The van der Waals surface area contributed by atoms with Gasteiger partial charge in [-0.15, -0.1) is 0 Å². The molecule has 0 saturated carbocycles. The molecule has 78 valence electrons. The van der Waals surface area contributed by atoms with Crippen LogP contribution < -0.4 is 5.73 Å². The molecule has 0 spiro atoms. The normalized spacial score (nSPS) is 13.2. The van der Waals surface area contributed by atoms with Crippen LogP contribution in [0.25, 0.3) is 0 Å². The molecule has 0 fully saturated rings. The Balaban J connectivity index is 3.44. The zero-order chi connectivity index (χ0) is 10.3. The van der Waals surface area contributed by atoms with Crippen LogP contribution in [0.1, 0.15) is 26.7 Å². The lowest BCUT2D eigenvalue weighted by atomic mass is 10.1. The Labute approximate surface area is 79.1 Å². The Kier molecular flexibility index (Phi) is 6.54. The fourth-order valence-corrected chi connectivity index (χ4v) is 0.957. The highest BCUT2D eigenvalue weighted by atomic mass is 16.5. The molecule has 0 rings (SSSR count). The fraction of sp³-hybridized carbons (Fsp3) is 0.889. The number of nitrogens with two attached hydrogens (primary N) is 1. The first-order valence-electron chi connectivity index (χ1n) is 4.62. The van der Waals surface area contributed by atoms with E-state index >= 15 is 0 Å². The van der Waals surface area contributed by atoms with Gasteiger partial charge < -0.3 is 15.6 Å². The minimum absolute atomic E-state index is 0.0387. The molecule has 1 unspecified atom stereocenters. The molecule has 1 atom stereocenters. The van der Waals surface area contributed by atoms with Crippen molar-refractivity contribution in [3.05, 3.63) is 0 Å². The Morgan fingerprint density at radius 3 is 2.54 bits per heavy atom. The maximum atomic E-state index is 10.5. The second-order valence-corrected chi connectivity index (χ2v) is 3.47. The van der Waals surface area contributed by atoms with Crippen LogP contribution in [-0.2, 0) is 9.53 Å². The number of hydrogen-bond acceptors (Lipinski definition) is 3. The van der Waals surface area contributed by atoms with Crippen molar-refractivity contribution >= 4 is 5.97 Å². The molecule has 0 radical (unpaired) electrons. The minimum atomic E-state index is -0.980. The van der Waals surface area contributed by atoms with E-state index in [2.05, 4.69) is 13.8 Å². The smallest absolute Gasteiger partial charge is 0.334 e. The second-order valence-electron chi connectivity index (χ2n) is 3.47. The molecule has 0 aliphatic carbocycles. The molecule has 0 aromatic heterocycles. The third kappa shape index (κ3) is 6.54. The number of hydrogen-bond donors (Lipinski definition) is 2. The van der Waals surface area contributed by atoms with Crippen molar-refractivity contribution in [3.8, 4) is 0 Å². The van der Waals surface area contributed by atoms with Crippen molar-refractivity contribution in [3.63, 3.8) is 0 Å². The molecule has 0 heterocycles. The predicted octanol–water partition coefficient (Wildman–Crippen LogP) is 0.851. The van der Waals surface area contributed by atoms with E-state index in [9.17, 15) is 4.79 Å². The molecule has 0 saturated heterocycles. The Morgan fingerprint density at radius 2 is 2.15 bits per heavy atom. The SMILES string of the molecule is CC(C)CCCOC(CN)C(=O)O. The van der Waals surface area contributed by atoms with E-state index in [0.29, 0.717) is 12.5 Å². The summed E-state index contributed by atoms with van der Waals surface area (Å²) in [6.45, 7) is 4.76. The van der Waals surface area contributed by atoms with E-state index in [0.717, 1.165) is 12.8 Å².